The number of ether oxygens (including phenoxy) is 1. The smallest absolute Gasteiger partial charge is 0.305 e. The number of hydrogen-bond acceptors (Lipinski definition) is 5. The van der Waals surface area contributed by atoms with Gasteiger partial charge in [0.1, 0.15) is 0 Å². The zero-order chi connectivity index (χ0) is 18.2. The predicted molar refractivity (Wildman–Crippen MR) is 99.1 cm³/mol. The van der Waals surface area contributed by atoms with Crippen LogP contribution in [0.4, 0.5) is 5.69 Å². The molecule has 0 aromatic heterocycles. The Hall–Kier alpha value is -1.79. The maximum Gasteiger partial charge on any atom is 0.305 e. The molecular formula is C18H26ClN3O3. The molecule has 1 aliphatic heterocycles. The van der Waals surface area contributed by atoms with Crippen LogP contribution in [0.25, 0.3) is 0 Å². The lowest BCUT2D eigenvalue weighted by Crippen LogP contribution is -2.49. The summed E-state index contributed by atoms with van der Waals surface area (Å²) in [5.41, 5.74) is 2.38. The van der Waals surface area contributed by atoms with Crippen LogP contribution in [0, 0.1) is 6.92 Å². The molecule has 0 atom stereocenters. The molecule has 6 nitrogen and oxygen atoms in total. The number of hydrogen-bond donors (Lipinski definition) is 1. The average Bonchev–Trinajstić information content (AvgIpc) is 2.61. The first kappa shape index (κ1) is 19.5. The van der Waals surface area contributed by atoms with E-state index in [0.717, 1.165) is 31.2 Å². The summed E-state index contributed by atoms with van der Waals surface area (Å²) in [6.07, 6.45) is 0.925. The topological polar surface area (TPSA) is 61.9 Å². The van der Waals surface area contributed by atoms with Gasteiger partial charge in [0.25, 0.3) is 0 Å². The van der Waals surface area contributed by atoms with Gasteiger partial charge in [-0.25, -0.2) is 0 Å². The molecule has 1 N–H and O–H groups in total. The first-order valence-electron chi connectivity index (χ1n) is 8.56. The number of carbonyl (C=O) groups excluding carboxylic acids is 2. The SMILES string of the molecule is COC(=O)CCCNC(=O)CN1CCN(c2cc(Cl)ccc2C)CC1. The summed E-state index contributed by atoms with van der Waals surface area (Å²) in [5.74, 6) is -0.251. The van der Waals surface area contributed by atoms with E-state index in [1.54, 1.807) is 0 Å². The van der Waals surface area contributed by atoms with Crippen LogP contribution in [0.2, 0.25) is 5.02 Å². The summed E-state index contributed by atoms with van der Waals surface area (Å²) in [5, 5.41) is 3.59. The lowest BCUT2D eigenvalue weighted by Gasteiger charge is -2.36. The van der Waals surface area contributed by atoms with E-state index in [-0.39, 0.29) is 11.9 Å². The number of nitrogens with one attached hydrogen (secondary N) is 1. The van der Waals surface area contributed by atoms with E-state index in [2.05, 4.69) is 26.8 Å². The van der Waals surface area contributed by atoms with Gasteiger partial charge in [0.15, 0.2) is 0 Å². The number of anilines is 1. The molecule has 0 aliphatic carbocycles. The largest absolute Gasteiger partial charge is 0.469 e. The first-order valence-corrected chi connectivity index (χ1v) is 8.94. The van der Waals surface area contributed by atoms with Gasteiger partial charge in [0.05, 0.1) is 13.7 Å². The highest BCUT2D eigenvalue weighted by atomic mass is 35.5. The Morgan fingerprint density at radius 2 is 1.96 bits per heavy atom. The molecule has 1 fully saturated rings. The molecule has 0 unspecified atom stereocenters. The molecule has 1 heterocycles. The predicted octanol–water partition coefficient (Wildman–Crippen LogP) is 1.84. The molecule has 138 valence electrons. The number of methoxy groups -OCH3 is 1. The van der Waals surface area contributed by atoms with Gasteiger partial charge in [-0.1, -0.05) is 17.7 Å². The Labute approximate surface area is 154 Å². The Morgan fingerprint density at radius 3 is 2.64 bits per heavy atom. The van der Waals surface area contributed by atoms with Gasteiger partial charge in [0.2, 0.25) is 5.91 Å². The Bertz CT molecular complexity index is 601. The zero-order valence-corrected chi connectivity index (χ0v) is 15.6. The van der Waals surface area contributed by atoms with Gasteiger partial charge >= 0.3 is 5.97 Å². The van der Waals surface area contributed by atoms with Crippen molar-refractivity contribution in [3.63, 3.8) is 0 Å². The minimum absolute atomic E-state index is 0.00254. The van der Waals surface area contributed by atoms with Crippen molar-refractivity contribution in [2.45, 2.75) is 19.8 Å². The van der Waals surface area contributed by atoms with Crippen LogP contribution in [0.1, 0.15) is 18.4 Å². The molecule has 0 radical (unpaired) electrons. The molecule has 0 spiro atoms. The van der Waals surface area contributed by atoms with Crippen molar-refractivity contribution >= 4 is 29.2 Å². The molecule has 2 rings (SSSR count). The molecule has 1 aromatic carbocycles. The average molecular weight is 368 g/mol. The summed E-state index contributed by atoms with van der Waals surface area (Å²) in [7, 11) is 1.37. The number of benzene rings is 1. The highest BCUT2D eigenvalue weighted by Crippen LogP contribution is 2.25. The van der Waals surface area contributed by atoms with E-state index in [9.17, 15) is 9.59 Å². The molecule has 25 heavy (non-hydrogen) atoms. The van der Waals surface area contributed by atoms with E-state index in [4.69, 9.17) is 11.6 Å². The number of carbonyl (C=O) groups is 2. The fourth-order valence-corrected chi connectivity index (χ4v) is 3.06. The highest BCUT2D eigenvalue weighted by molar-refractivity contribution is 6.30. The van der Waals surface area contributed by atoms with Crippen LogP contribution in [-0.4, -0.2) is 63.2 Å². The second-order valence-corrected chi connectivity index (χ2v) is 6.66. The van der Waals surface area contributed by atoms with E-state index in [1.165, 1.54) is 18.4 Å². The van der Waals surface area contributed by atoms with Crippen LogP contribution < -0.4 is 10.2 Å². The highest BCUT2D eigenvalue weighted by Gasteiger charge is 2.20. The molecule has 1 amide bonds. The van der Waals surface area contributed by atoms with Crippen LogP contribution in [0.3, 0.4) is 0 Å². The van der Waals surface area contributed by atoms with Crippen LogP contribution >= 0.6 is 11.6 Å². The van der Waals surface area contributed by atoms with E-state index < -0.39 is 0 Å². The summed E-state index contributed by atoms with van der Waals surface area (Å²) in [6.45, 7) is 6.38. The number of aryl methyl sites for hydroxylation is 1. The summed E-state index contributed by atoms with van der Waals surface area (Å²) < 4.78 is 4.57. The molecule has 1 aliphatic rings. The van der Waals surface area contributed by atoms with Gasteiger partial charge in [-0.05, 0) is 31.0 Å². The van der Waals surface area contributed by atoms with Crippen molar-refractivity contribution < 1.29 is 14.3 Å². The second kappa shape index (κ2) is 9.63. The quantitative estimate of drug-likeness (QED) is 0.588. The molecule has 0 saturated carbocycles. The van der Waals surface area contributed by atoms with Gasteiger partial charge in [-0.3, -0.25) is 14.5 Å². The third kappa shape index (κ3) is 6.21. The normalized spacial score (nSPS) is 15.1. The van der Waals surface area contributed by atoms with Gasteiger partial charge in [0, 0.05) is 49.9 Å². The molecule has 7 heteroatoms. The third-order valence-corrected chi connectivity index (χ3v) is 4.59. The van der Waals surface area contributed by atoms with Crippen molar-refractivity contribution in [2.75, 3.05) is 51.3 Å². The monoisotopic (exact) mass is 367 g/mol. The van der Waals surface area contributed by atoms with E-state index >= 15 is 0 Å². The van der Waals surface area contributed by atoms with Crippen LogP contribution in [0.5, 0.6) is 0 Å². The summed E-state index contributed by atoms with van der Waals surface area (Å²) in [6, 6.07) is 5.94. The Morgan fingerprint density at radius 1 is 1.24 bits per heavy atom. The number of rotatable bonds is 7. The van der Waals surface area contributed by atoms with Crippen molar-refractivity contribution in [1.82, 2.24) is 10.2 Å². The first-order chi connectivity index (χ1) is 12.0. The fraction of sp³-hybridized carbons (Fsp3) is 0.556. The molecule has 0 bridgehead atoms. The van der Waals surface area contributed by atoms with Crippen molar-refractivity contribution in [2.24, 2.45) is 0 Å². The minimum atomic E-state index is -0.248. The van der Waals surface area contributed by atoms with Crippen molar-refractivity contribution in [3.05, 3.63) is 28.8 Å². The number of halogens is 1. The third-order valence-electron chi connectivity index (χ3n) is 4.36. The van der Waals surface area contributed by atoms with Crippen LogP contribution in [0.15, 0.2) is 18.2 Å². The van der Waals surface area contributed by atoms with E-state index in [0.29, 0.717) is 25.9 Å². The number of esters is 1. The lowest BCUT2D eigenvalue weighted by atomic mass is 10.1. The van der Waals surface area contributed by atoms with Crippen molar-refractivity contribution in [3.8, 4) is 0 Å². The molecule has 1 aromatic rings. The number of piperazine rings is 1. The number of amides is 1. The standard InChI is InChI=1S/C18H26ClN3O3/c1-14-5-6-15(19)12-16(14)22-10-8-21(9-11-22)13-17(23)20-7-3-4-18(24)25-2/h5-6,12H,3-4,7-11,13H2,1-2H3,(H,20,23). The number of nitrogens with zero attached hydrogens (tertiary/aromatic N) is 2. The summed E-state index contributed by atoms with van der Waals surface area (Å²) in [4.78, 5) is 27.4. The van der Waals surface area contributed by atoms with E-state index in [1.807, 2.05) is 18.2 Å². The molecule has 1 saturated heterocycles. The Balaban J connectivity index is 1.70. The van der Waals surface area contributed by atoms with Gasteiger partial charge in [-0.2, -0.15) is 0 Å². The Kier molecular flexibility index (Phi) is 7.52. The maximum atomic E-state index is 12.0. The minimum Gasteiger partial charge on any atom is -0.469 e. The lowest BCUT2D eigenvalue weighted by molar-refractivity contribution is -0.140. The second-order valence-electron chi connectivity index (χ2n) is 6.22. The van der Waals surface area contributed by atoms with Crippen molar-refractivity contribution in [1.29, 1.82) is 0 Å². The molecular weight excluding hydrogens is 342 g/mol. The van der Waals surface area contributed by atoms with Gasteiger partial charge in [-0.15, -0.1) is 0 Å². The van der Waals surface area contributed by atoms with Gasteiger partial charge < -0.3 is 15.0 Å². The zero-order valence-electron chi connectivity index (χ0n) is 14.9. The van der Waals surface area contributed by atoms with Crippen LogP contribution in [-0.2, 0) is 14.3 Å². The summed E-state index contributed by atoms with van der Waals surface area (Å²) >= 11 is 6.10. The maximum absolute atomic E-state index is 12.0. The fourth-order valence-electron chi connectivity index (χ4n) is 2.89.